The van der Waals surface area contributed by atoms with Crippen LogP contribution in [0.5, 0.6) is 0 Å². The monoisotopic (exact) mass is 828 g/mol. The maximum absolute atomic E-state index is 13.0. The lowest BCUT2D eigenvalue weighted by atomic mass is 9.43. The van der Waals surface area contributed by atoms with Crippen LogP contribution in [0.1, 0.15) is 138 Å². The lowest BCUT2D eigenvalue weighted by molar-refractivity contribution is -0.172. The molecule has 11 rings (SSSR count). The Bertz CT molecular complexity index is 2060. The van der Waals surface area contributed by atoms with E-state index in [4.69, 9.17) is 23.7 Å². The van der Waals surface area contributed by atoms with E-state index in [9.17, 15) is 28.8 Å². The summed E-state index contributed by atoms with van der Waals surface area (Å²) in [7, 11) is 2.90. The normalized spacial score (nSPS) is 48.7. The molecule has 8 fully saturated rings. The number of allylic oxidation sites excluding steroid dienone is 4. The smallest absolute Gasteiger partial charge is 0.309 e. The number of esters is 4. The zero-order valence-corrected chi connectivity index (χ0v) is 35.6. The Morgan fingerprint density at radius 2 is 1.25 bits per heavy atom. The average molecular weight is 829 g/mol. The third-order valence-corrected chi connectivity index (χ3v) is 19.4. The lowest BCUT2D eigenvalue weighted by Gasteiger charge is -2.58. The topological polar surface area (TPSA) is 152 Å². The van der Waals surface area contributed by atoms with E-state index in [2.05, 4.69) is 33.8 Å². The van der Waals surface area contributed by atoms with Crippen LogP contribution < -0.4 is 0 Å². The summed E-state index contributed by atoms with van der Waals surface area (Å²) in [4.78, 5) is 74.5. The third-order valence-electron chi connectivity index (χ3n) is 19.4. The summed E-state index contributed by atoms with van der Waals surface area (Å²) < 4.78 is 29.1. The molecule has 0 amide bonds. The van der Waals surface area contributed by atoms with Gasteiger partial charge in [-0.05, 0) is 107 Å². The van der Waals surface area contributed by atoms with Gasteiger partial charge in [-0.3, -0.25) is 28.8 Å². The average Bonchev–Trinajstić information content (AvgIpc) is 3.43. The predicted molar refractivity (Wildman–Crippen MR) is 218 cm³/mol. The number of fused-ring (bicyclic) bond motifs is 10. The fraction of sp³-hybridized carbons (Fsp3) is 0.755. The molecule has 60 heavy (non-hydrogen) atoms. The van der Waals surface area contributed by atoms with Gasteiger partial charge in [0.2, 0.25) is 0 Å². The van der Waals surface area contributed by atoms with Crippen LogP contribution >= 0.6 is 0 Å². The minimum absolute atomic E-state index is 0. The Labute approximate surface area is 354 Å². The maximum atomic E-state index is 13.0. The Kier molecular flexibility index (Phi) is 9.36. The zero-order valence-electron chi connectivity index (χ0n) is 35.6. The second-order valence-electron chi connectivity index (χ2n) is 21.2. The molecule has 0 aromatic rings. The van der Waals surface area contributed by atoms with Crippen molar-refractivity contribution in [1.29, 1.82) is 0 Å². The lowest BCUT2D eigenvalue weighted by Crippen LogP contribution is -2.63. The first-order chi connectivity index (χ1) is 27.9. The number of rotatable bonds is 2. The van der Waals surface area contributed by atoms with E-state index in [1.165, 1.54) is 19.8 Å². The summed E-state index contributed by atoms with van der Waals surface area (Å²) in [5.74, 6) is -0.197. The van der Waals surface area contributed by atoms with Crippen LogP contribution in [0.25, 0.3) is 0 Å². The van der Waals surface area contributed by atoms with Crippen molar-refractivity contribution in [3.05, 3.63) is 34.9 Å². The molecule has 11 nitrogen and oxygen atoms in total. The van der Waals surface area contributed by atoms with Gasteiger partial charge >= 0.3 is 23.9 Å². The van der Waals surface area contributed by atoms with Crippen molar-refractivity contribution in [2.24, 2.45) is 57.2 Å². The summed E-state index contributed by atoms with van der Waals surface area (Å²) in [5, 5.41) is 0. The summed E-state index contributed by atoms with van der Waals surface area (Å²) in [6.07, 6.45) is 17.7. The van der Waals surface area contributed by atoms with Crippen molar-refractivity contribution >= 4 is 35.4 Å². The highest BCUT2D eigenvalue weighted by molar-refractivity contribution is 5.93. The maximum Gasteiger partial charge on any atom is 0.309 e. The second-order valence-corrected chi connectivity index (χ2v) is 21.2. The molecule has 3 saturated heterocycles. The Morgan fingerprint density at radius 3 is 1.87 bits per heavy atom. The number of hydrogen-bond acceptors (Lipinski definition) is 11. The molecule has 0 N–H and O–H groups in total. The van der Waals surface area contributed by atoms with Crippen molar-refractivity contribution in [1.82, 2.24) is 0 Å². The first kappa shape index (κ1) is 41.7. The molecule has 326 valence electrons. The molecule has 0 bridgehead atoms. The van der Waals surface area contributed by atoms with E-state index >= 15 is 0 Å². The highest BCUT2D eigenvalue weighted by Crippen LogP contribution is 2.78. The largest absolute Gasteiger partial charge is 0.469 e. The molecule has 8 aliphatic carbocycles. The molecule has 14 atom stereocenters. The molecule has 3 aliphatic heterocycles. The van der Waals surface area contributed by atoms with Gasteiger partial charge in [-0.1, -0.05) is 57.9 Å². The standard InChI is InChI=1S/C24H30O6.C24H30O5.CH4/c1-21-7-4-14(25)10-13(21)11-15(20(27)28-3)19-16-5-8-23(9-6-18(26)30-23)22(16,2)12-17-24(19,21)29-17;1-22-8-4-15(25)12-14(22)13-16(21(27)28-3)20-17(22)5-9-23(2)18(20)6-10-24(23)11-7-19(26)29-24;/h10,15-17,19H,4-9,11-12H2,1-3H3;5,12,16,18,20H,4,6-11,13H2,1-3H3;1H4/t15-,16?,17-,19+,21+,22+,23?,24?;16-,18?,20-,22+,23+,24?;/m11./s1. The molecule has 0 radical (unpaired) electrons. The number of hydrogen-bond donors (Lipinski definition) is 0. The Balaban J connectivity index is 0.000000152. The molecule has 3 spiro atoms. The van der Waals surface area contributed by atoms with E-state index in [0.29, 0.717) is 38.5 Å². The second kappa shape index (κ2) is 13.5. The molecule has 0 aromatic carbocycles. The molecular weight excluding hydrogens is 765 g/mol. The van der Waals surface area contributed by atoms with Crippen molar-refractivity contribution in [2.75, 3.05) is 14.2 Å². The summed E-state index contributed by atoms with van der Waals surface area (Å²) >= 11 is 0. The van der Waals surface area contributed by atoms with Gasteiger partial charge in [-0.15, -0.1) is 0 Å². The molecule has 5 saturated carbocycles. The predicted octanol–water partition coefficient (Wildman–Crippen LogP) is 7.67. The highest BCUT2D eigenvalue weighted by atomic mass is 16.6. The van der Waals surface area contributed by atoms with E-state index < -0.39 is 16.8 Å². The molecule has 11 heteroatoms. The molecule has 11 aliphatic rings. The van der Waals surface area contributed by atoms with Crippen LogP contribution in [0.3, 0.4) is 0 Å². The summed E-state index contributed by atoms with van der Waals surface area (Å²) in [6, 6.07) is 0. The number of ketones is 2. The fourth-order valence-corrected chi connectivity index (χ4v) is 16.2. The van der Waals surface area contributed by atoms with Gasteiger partial charge in [-0.2, -0.15) is 0 Å². The van der Waals surface area contributed by atoms with Crippen LogP contribution in [0.2, 0.25) is 0 Å². The van der Waals surface area contributed by atoms with Crippen molar-refractivity contribution < 1.29 is 52.5 Å². The number of carbonyl (C=O) groups excluding carboxylic acids is 6. The SMILES string of the molecule is C.COC(=O)[C@@H]1CC2=CC(=O)CC[C@]2(C)C23O[C@@H]2C[C@@]2(C)C(CCC24CCC(=O)O4)[C@H]13.COC(=O)[C@@H]1CC2=CC(=O)CC[C@]2(C)C2=CC[C@@]3(C)C(CCC34CCC(=O)O4)[C@@H]21. The zero-order chi connectivity index (χ0) is 41.7. The Morgan fingerprint density at radius 1 is 0.683 bits per heavy atom. The number of carbonyl (C=O) groups is 6. The van der Waals surface area contributed by atoms with Crippen molar-refractivity contribution in [2.45, 2.75) is 161 Å². The Hall–Kier alpha value is -3.60. The van der Waals surface area contributed by atoms with E-state index in [0.717, 1.165) is 75.4 Å². The highest BCUT2D eigenvalue weighted by Gasteiger charge is 2.83. The first-order valence-electron chi connectivity index (χ1n) is 22.4. The molecular formula is C49H64O11. The van der Waals surface area contributed by atoms with Gasteiger partial charge in [0.05, 0.1) is 32.2 Å². The van der Waals surface area contributed by atoms with Crippen LogP contribution in [0, 0.1) is 57.2 Å². The number of ether oxygens (including phenoxy) is 5. The number of methoxy groups -OCH3 is 2. The molecule has 5 unspecified atom stereocenters. The quantitative estimate of drug-likeness (QED) is 0.117. The summed E-state index contributed by atoms with van der Waals surface area (Å²) in [6.45, 7) is 9.03. The van der Waals surface area contributed by atoms with E-state index in [1.807, 2.05) is 0 Å². The minimum Gasteiger partial charge on any atom is -0.469 e. The van der Waals surface area contributed by atoms with E-state index in [1.54, 1.807) is 12.2 Å². The van der Waals surface area contributed by atoms with Gasteiger partial charge in [-0.25, -0.2) is 0 Å². The van der Waals surface area contributed by atoms with E-state index in [-0.39, 0.29) is 106 Å². The summed E-state index contributed by atoms with van der Waals surface area (Å²) in [5.41, 5.74) is 1.55. The van der Waals surface area contributed by atoms with Gasteiger partial charge in [0.15, 0.2) is 11.6 Å². The van der Waals surface area contributed by atoms with Gasteiger partial charge in [0.25, 0.3) is 0 Å². The molecule has 3 heterocycles. The van der Waals surface area contributed by atoms with Crippen molar-refractivity contribution in [3.8, 4) is 0 Å². The van der Waals surface area contributed by atoms with Gasteiger partial charge in [0, 0.05) is 53.3 Å². The van der Waals surface area contributed by atoms with Crippen LogP contribution in [0.15, 0.2) is 34.9 Å². The molecule has 0 aromatic heterocycles. The van der Waals surface area contributed by atoms with Crippen LogP contribution in [-0.2, 0) is 52.5 Å². The first-order valence-corrected chi connectivity index (χ1v) is 22.4. The van der Waals surface area contributed by atoms with Crippen LogP contribution in [-0.4, -0.2) is 72.6 Å². The third kappa shape index (κ3) is 5.16. The number of epoxide rings is 1. The fourth-order valence-electron chi connectivity index (χ4n) is 16.2. The van der Waals surface area contributed by atoms with Crippen molar-refractivity contribution in [3.63, 3.8) is 0 Å². The van der Waals surface area contributed by atoms with Crippen LogP contribution in [0.4, 0.5) is 0 Å². The minimum atomic E-state index is -0.424. The van der Waals surface area contributed by atoms with Gasteiger partial charge in [0.1, 0.15) is 16.8 Å². The van der Waals surface area contributed by atoms with Gasteiger partial charge < -0.3 is 23.7 Å².